The monoisotopic (exact) mass is 320 g/mol. The zero-order valence-electron chi connectivity index (χ0n) is 13.2. The van der Waals surface area contributed by atoms with E-state index in [9.17, 15) is 0 Å². The van der Waals surface area contributed by atoms with Crippen LogP contribution in [-0.2, 0) is 6.42 Å². The normalized spacial score (nSPS) is 13.1. The van der Waals surface area contributed by atoms with Crippen molar-refractivity contribution < 1.29 is 4.42 Å². The molecule has 2 aromatic rings. The van der Waals surface area contributed by atoms with E-state index in [0.29, 0.717) is 5.92 Å². The topological polar surface area (TPSA) is 62.5 Å². The van der Waals surface area contributed by atoms with Gasteiger partial charge in [-0.25, -0.2) is 4.98 Å². The molecule has 2 rings (SSSR count). The van der Waals surface area contributed by atoms with Gasteiger partial charge in [0.25, 0.3) is 0 Å². The Labute approximate surface area is 135 Å². The number of thiazole rings is 1. The molecule has 0 saturated heterocycles. The molecule has 0 bridgehead atoms. The molecule has 2 heterocycles. The Kier molecular flexibility index (Phi) is 6.96. The van der Waals surface area contributed by atoms with E-state index in [2.05, 4.69) is 34.5 Å². The molecule has 6 heteroatoms. The molecular formula is C16H24N4OS. The Bertz CT molecular complexity index is 537. The van der Waals surface area contributed by atoms with E-state index in [-0.39, 0.29) is 0 Å². The summed E-state index contributed by atoms with van der Waals surface area (Å²) in [7, 11) is 0. The highest BCUT2D eigenvalue weighted by Crippen LogP contribution is 2.17. The van der Waals surface area contributed by atoms with Gasteiger partial charge < -0.3 is 15.1 Å². The molecule has 2 aromatic heterocycles. The molecule has 22 heavy (non-hydrogen) atoms. The number of hydrogen-bond acceptors (Lipinski definition) is 4. The lowest BCUT2D eigenvalue weighted by atomic mass is 10.2. The molecule has 0 radical (unpaired) electrons. The molecule has 0 fully saturated rings. The third-order valence-corrected chi connectivity index (χ3v) is 4.19. The lowest BCUT2D eigenvalue weighted by Gasteiger charge is -2.13. The van der Waals surface area contributed by atoms with Crippen molar-refractivity contribution in [2.24, 2.45) is 4.99 Å². The average Bonchev–Trinajstić information content (AvgIpc) is 3.22. The summed E-state index contributed by atoms with van der Waals surface area (Å²) in [6.45, 7) is 6.74. The van der Waals surface area contributed by atoms with E-state index in [4.69, 9.17) is 4.42 Å². The lowest BCUT2D eigenvalue weighted by molar-refractivity contribution is 0.506. The van der Waals surface area contributed by atoms with Gasteiger partial charge in [-0.1, -0.05) is 13.8 Å². The number of nitrogens with zero attached hydrogens (tertiary/aromatic N) is 2. The summed E-state index contributed by atoms with van der Waals surface area (Å²) in [6.07, 6.45) is 5.47. The van der Waals surface area contributed by atoms with Crippen molar-refractivity contribution >= 4 is 17.3 Å². The summed E-state index contributed by atoms with van der Waals surface area (Å²) < 4.78 is 5.34. The first-order valence-corrected chi connectivity index (χ1v) is 8.61. The summed E-state index contributed by atoms with van der Waals surface area (Å²) in [5, 5.41) is 9.84. The minimum Gasteiger partial charge on any atom is -0.469 e. The van der Waals surface area contributed by atoms with Crippen LogP contribution in [0.2, 0.25) is 0 Å². The number of guanidine groups is 1. The molecule has 1 unspecified atom stereocenters. The summed E-state index contributed by atoms with van der Waals surface area (Å²) in [5.74, 6) is 2.18. The Morgan fingerprint density at radius 2 is 2.27 bits per heavy atom. The van der Waals surface area contributed by atoms with Gasteiger partial charge in [-0.3, -0.25) is 4.99 Å². The van der Waals surface area contributed by atoms with Gasteiger partial charge in [0.2, 0.25) is 0 Å². The number of aromatic nitrogens is 1. The number of aliphatic imine (C=N–C) groups is 1. The minimum absolute atomic E-state index is 0.338. The molecular weight excluding hydrogens is 296 g/mol. The maximum atomic E-state index is 5.34. The lowest BCUT2D eigenvalue weighted by Crippen LogP contribution is -2.39. The first-order chi connectivity index (χ1) is 10.8. The maximum absolute atomic E-state index is 5.34. The molecule has 0 spiro atoms. The van der Waals surface area contributed by atoms with E-state index >= 15 is 0 Å². The number of rotatable bonds is 8. The van der Waals surface area contributed by atoms with Gasteiger partial charge in [-0.2, -0.15) is 0 Å². The number of hydrogen-bond donors (Lipinski definition) is 2. The van der Waals surface area contributed by atoms with E-state index in [0.717, 1.165) is 49.2 Å². The van der Waals surface area contributed by atoms with Crippen LogP contribution in [0.3, 0.4) is 0 Å². The van der Waals surface area contributed by atoms with Crippen LogP contribution < -0.4 is 10.6 Å². The molecule has 0 aliphatic carbocycles. The van der Waals surface area contributed by atoms with Crippen molar-refractivity contribution in [3.05, 3.63) is 40.7 Å². The predicted molar refractivity (Wildman–Crippen MR) is 91.5 cm³/mol. The molecule has 0 aromatic carbocycles. The second-order valence-corrected chi connectivity index (χ2v) is 6.07. The third-order valence-electron chi connectivity index (χ3n) is 3.18. The first kappa shape index (κ1) is 16.5. The smallest absolute Gasteiger partial charge is 0.191 e. The van der Waals surface area contributed by atoms with Crippen molar-refractivity contribution in [2.45, 2.75) is 32.6 Å². The van der Waals surface area contributed by atoms with Gasteiger partial charge in [-0.15, -0.1) is 11.3 Å². The molecule has 0 saturated carbocycles. The predicted octanol–water partition coefficient (Wildman–Crippen LogP) is 3.03. The Morgan fingerprint density at radius 3 is 2.95 bits per heavy atom. The third kappa shape index (κ3) is 5.52. The average molecular weight is 320 g/mol. The van der Waals surface area contributed by atoms with Gasteiger partial charge >= 0.3 is 0 Å². The van der Waals surface area contributed by atoms with E-state index in [1.54, 1.807) is 17.6 Å². The fourth-order valence-corrected chi connectivity index (χ4v) is 2.65. The van der Waals surface area contributed by atoms with Crippen molar-refractivity contribution in [1.82, 2.24) is 15.6 Å². The van der Waals surface area contributed by atoms with Crippen LogP contribution in [0.15, 0.2) is 39.4 Å². The largest absolute Gasteiger partial charge is 0.469 e. The number of furan rings is 1. The van der Waals surface area contributed by atoms with Crippen LogP contribution in [0.5, 0.6) is 0 Å². The summed E-state index contributed by atoms with van der Waals surface area (Å²) in [4.78, 5) is 9.01. The molecule has 120 valence electrons. The maximum Gasteiger partial charge on any atom is 0.191 e. The van der Waals surface area contributed by atoms with Crippen LogP contribution in [0.4, 0.5) is 0 Å². The van der Waals surface area contributed by atoms with Crippen LogP contribution >= 0.6 is 11.3 Å². The van der Waals surface area contributed by atoms with Crippen LogP contribution in [0.1, 0.15) is 37.0 Å². The molecule has 1 atom stereocenters. The number of nitrogens with one attached hydrogen (secondary N) is 2. The summed E-state index contributed by atoms with van der Waals surface area (Å²) >= 11 is 1.68. The van der Waals surface area contributed by atoms with Crippen molar-refractivity contribution in [3.8, 4) is 0 Å². The fourth-order valence-electron chi connectivity index (χ4n) is 1.96. The van der Waals surface area contributed by atoms with Crippen LogP contribution in [-0.4, -0.2) is 30.6 Å². The summed E-state index contributed by atoms with van der Waals surface area (Å²) in [6, 6.07) is 3.90. The quantitative estimate of drug-likeness (QED) is 0.580. The van der Waals surface area contributed by atoms with Crippen molar-refractivity contribution in [2.75, 3.05) is 19.6 Å². The molecule has 0 amide bonds. The first-order valence-electron chi connectivity index (χ1n) is 7.73. The van der Waals surface area contributed by atoms with Gasteiger partial charge in [-0.05, 0) is 18.6 Å². The van der Waals surface area contributed by atoms with Gasteiger partial charge in [0.05, 0.1) is 17.8 Å². The van der Waals surface area contributed by atoms with Gasteiger partial charge in [0, 0.05) is 37.0 Å². The standard InChI is InChI=1S/C16H24N4OS/c1-3-7-18-16(19-8-6-14-5-4-10-21-14)20-12-13(2)15-17-9-11-22-15/h4-5,9-11,13H,3,6-8,12H2,1-2H3,(H2,18,19,20). The highest BCUT2D eigenvalue weighted by molar-refractivity contribution is 7.09. The Balaban J connectivity index is 1.82. The molecule has 0 aliphatic rings. The van der Waals surface area contributed by atoms with E-state index < -0.39 is 0 Å². The van der Waals surface area contributed by atoms with Gasteiger partial charge in [0.15, 0.2) is 5.96 Å². The van der Waals surface area contributed by atoms with Crippen LogP contribution in [0.25, 0.3) is 0 Å². The van der Waals surface area contributed by atoms with E-state index in [1.807, 2.05) is 23.7 Å². The van der Waals surface area contributed by atoms with Crippen LogP contribution in [0, 0.1) is 0 Å². The minimum atomic E-state index is 0.338. The highest BCUT2D eigenvalue weighted by Gasteiger charge is 2.08. The SMILES string of the molecule is CCCNC(=NCC(C)c1nccs1)NCCc1ccco1. The zero-order chi connectivity index (χ0) is 15.6. The van der Waals surface area contributed by atoms with E-state index in [1.165, 1.54) is 0 Å². The molecule has 2 N–H and O–H groups in total. The van der Waals surface area contributed by atoms with Gasteiger partial charge in [0.1, 0.15) is 5.76 Å². The Hall–Kier alpha value is -1.82. The second kappa shape index (κ2) is 9.25. The zero-order valence-corrected chi connectivity index (χ0v) is 14.0. The molecule has 5 nitrogen and oxygen atoms in total. The second-order valence-electron chi connectivity index (χ2n) is 5.14. The molecule has 0 aliphatic heterocycles. The van der Waals surface area contributed by atoms with Crippen molar-refractivity contribution in [1.29, 1.82) is 0 Å². The summed E-state index contributed by atoms with van der Waals surface area (Å²) in [5.41, 5.74) is 0. The fraction of sp³-hybridized carbons (Fsp3) is 0.500. The van der Waals surface area contributed by atoms with Crippen molar-refractivity contribution in [3.63, 3.8) is 0 Å². The highest BCUT2D eigenvalue weighted by atomic mass is 32.1. The Morgan fingerprint density at radius 1 is 1.41 bits per heavy atom.